The summed E-state index contributed by atoms with van der Waals surface area (Å²) in [5.74, 6) is -0.192. The van der Waals surface area contributed by atoms with E-state index in [4.69, 9.17) is 5.11 Å². The molecule has 0 aliphatic heterocycles. The molecular formula is C13H14BrIN4O2. The van der Waals surface area contributed by atoms with Crippen LogP contribution in [-0.4, -0.2) is 31.3 Å². The number of halogens is 2. The van der Waals surface area contributed by atoms with Crippen LogP contribution in [0.2, 0.25) is 0 Å². The minimum Gasteiger partial charge on any atom is -0.481 e. The van der Waals surface area contributed by atoms with Crippen LogP contribution in [0.15, 0.2) is 22.7 Å². The van der Waals surface area contributed by atoms with Gasteiger partial charge >= 0.3 is 5.97 Å². The number of aliphatic carboxylic acids is 1. The Morgan fingerprint density at radius 3 is 2.81 bits per heavy atom. The predicted octanol–water partition coefficient (Wildman–Crippen LogP) is 3.38. The average molecular weight is 465 g/mol. The van der Waals surface area contributed by atoms with Crippen molar-refractivity contribution >= 4 is 44.5 Å². The lowest BCUT2D eigenvalue weighted by Gasteiger charge is -2.20. The zero-order valence-electron chi connectivity index (χ0n) is 11.5. The van der Waals surface area contributed by atoms with Gasteiger partial charge in [-0.3, -0.25) is 4.79 Å². The molecule has 0 fully saturated rings. The number of rotatable bonds is 5. The number of benzene rings is 1. The molecule has 0 spiro atoms. The summed E-state index contributed by atoms with van der Waals surface area (Å²) in [5.41, 5.74) is 0.850. The van der Waals surface area contributed by atoms with Gasteiger partial charge in [0.2, 0.25) is 0 Å². The fraction of sp³-hybridized carbons (Fsp3) is 0.385. The number of carbonyl (C=O) groups is 1. The quantitative estimate of drug-likeness (QED) is 0.686. The van der Waals surface area contributed by atoms with E-state index in [1.54, 1.807) is 4.68 Å². The third kappa shape index (κ3) is 3.79. The van der Waals surface area contributed by atoms with E-state index in [9.17, 15) is 4.79 Å². The second kappa shape index (κ2) is 6.82. The minimum atomic E-state index is -0.864. The summed E-state index contributed by atoms with van der Waals surface area (Å²) in [6.07, 6.45) is -0.0166. The lowest BCUT2D eigenvalue weighted by Crippen LogP contribution is -2.21. The smallest absolute Gasteiger partial charge is 0.305 e. The second-order valence-corrected chi connectivity index (χ2v) is 7.08. The molecule has 1 aromatic heterocycles. The molecule has 1 heterocycles. The molecule has 2 aromatic rings. The molecular weight excluding hydrogens is 451 g/mol. The van der Waals surface area contributed by atoms with Crippen LogP contribution < -0.4 is 0 Å². The van der Waals surface area contributed by atoms with Crippen LogP contribution >= 0.6 is 38.5 Å². The maximum Gasteiger partial charge on any atom is 0.305 e. The molecule has 2 rings (SSSR count). The fourth-order valence-corrected chi connectivity index (χ4v) is 2.96. The van der Waals surface area contributed by atoms with Crippen molar-refractivity contribution in [3.05, 3.63) is 26.2 Å². The Hall–Kier alpha value is -1.03. The molecule has 0 bridgehead atoms. The largest absolute Gasteiger partial charge is 0.481 e. The highest BCUT2D eigenvalue weighted by atomic mass is 127. The van der Waals surface area contributed by atoms with E-state index in [-0.39, 0.29) is 18.4 Å². The summed E-state index contributed by atoms with van der Waals surface area (Å²) >= 11 is 5.71. The third-order valence-corrected chi connectivity index (χ3v) is 4.49. The van der Waals surface area contributed by atoms with Crippen molar-refractivity contribution in [2.75, 3.05) is 0 Å². The van der Waals surface area contributed by atoms with Crippen LogP contribution in [0.5, 0.6) is 0 Å². The Bertz CT molecular complexity index is 659. The van der Waals surface area contributed by atoms with E-state index >= 15 is 0 Å². The lowest BCUT2D eigenvalue weighted by molar-refractivity contribution is -0.138. The number of aromatic nitrogens is 4. The van der Waals surface area contributed by atoms with Gasteiger partial charge < -0.3 is 5.11 Å². The molecule has 0 saturated carbocycles. The fourth-order valence-electron chi connectivity index (χ4n) is 2.05. The van der Waals surface area contributed by atoms with Gasteiger partial charge in [-0.1, -0.05) is 29.8 Å². The number of hydrogen-bond donors (Lipinski definition) is 1. The van der Waals surface area contributed by atoms with Crippen LogP contribution in [0.3, 0.4) is 0 Å². The van der Waals surface area contributed by atoms with Crippen LogP contribution in [0.25, 0.3) is 11.4 Å². The van der Waals surface area contributed by atoms with Gasteiger partial charge in [0.15, 0.2) is 5.82 Å². The summed E-state index contributed by atoms with van der Waals surface area (Å²) in [6, 6.07) is 5.57. The number of nitrogens with zero attached hydrogens (tertiary/aromatic N) is 4. The summed E-state index contributed by atoms with van der Waals surface area (Å²) in [4.78, 5) is 11.1. The van der Waals surface area contributed by atoms with Crippen molar-refractivity contribution in [1.82, 2.24) is 20.2 Å². The highest BCUT2D eigenvalue weighted by Gasteiger charge is 2.25. The molecule has 1 unspecified atom stereocenters. The highest BCUT2D eigenvalue weighted by molar-refractivity contribution is 14.1. The normalized spacial score (nSPS) is 12.6. The monoisotopic (exact) mass is 464 g/mol. The third-order valence-electron chi connectivity index (χ3n) is 3.13. The molecule has 1 N–H and O–H groups in total. The molecule has 0 aliphatic carbocycles. The lowest BCUT2D eigenvalue weighted by atomic mass is 10.0. The van der Waals surface area contributed by atoms with Gasteiger partial charge in [0, 0.05) is 13.6 Å². The molecule has 8 heteroatoms. The topological polar surface area (TPSA) is 80.9 Å². The van der Waals surface area contributed by atoms with Gasteiger partial charge in [0.05, 0.1) is 12.5 Å². The zero-order valence-corrected chi connectivity index (χ0v) is 15.2. The first kappa shape index (κ1) is 16.3. The standard InChI is InChI=1S/C13H14BrIN4O2/c1-7(2)11(6-12(20)21)19-13(16-17-18-19)9-5-8(15)3-4-10(9)14/h3-5,7,11H,6H2,1-2H3,(H,20,21). The number of tetrazole rings is 1. The Morgan fingerprint density at radius 2 is 2.19 bits per heavy atom. The predicted molar refractivity (Wildman–Crippen MR) is 89.8 cm³/mol. The molecule has 6 nitrogen and oxygen atoms in total. The Balaban J connectivity index is 2.50. The van der Waals surface area contributed by atoms with E-state index in [0.29, 0.717) is 5.82 Å². The molecule has 0 saturated heterocycles. The van der Waals surface area contributed by atoms with Gasteiger partial charge in [-0.05, 0) is 57.1 Å². The summed E-state index contributed by atoms with van der Waals surface area (Å²) in [7, 11) is 0. The van der Waals surface area contributed by atoms with E-state index in [1.165, 1.54) is 0 Å². The van der Waals surface area contributed by atoms with Gasteiger partial charge in [0.1, 0.15) is 0 Å². The molecule has 1 atom stereocenters. The molecule has 0 aliphatic rings. The first-order valence-corrected chi connectivity index (χ1v) is 8.22. The maximum absolute atomic E-state index is 11.1. The summed E-state index contributed by atoms with van der Waals surface area (Å²) < 4.78 is 3.53. The first-order valence-electron chi connectivity index (χ1n) is 6.35. The molecule has 1 aromatic carbocycles. The van der Waals surface area contributed by atoms with Gasteiger partial charge in [-0.15, -0.1) is 5.10 Å². The van der Waals surface area contributed by atoms with Gasteiger partial charge in [0.25, 0.3) is 0 Å². The highest BCUT2D eigenvalue weighted by Crippen LogP contribution is 2.31. The van der Waals surface area contributed by atoms with Gasteiger partial charge in [-0.2, -0.15) is 0 Å². The van der Waals surface area contributed by atoms with E-state index < -0.39 is 5.97 Å². The van der Waals surface area contributed by atoms with Crippen LogP contribution in [0, 0.1) is 9.49 Å². The second-order valence-electron chi connectivity index (χ2n) is 4.98. The maximum atomic E-state index is 11.1. The first-order chi connectivity index (χ1) is 9.90. The zero-order chi connectivity index (χ0) is 15.6. The van der Waals surface area contributed by atoms with E-state index in [0.717, 1.165) is 13.6 Å². The van der Waals surface area contributed by atoms with Crippen molar-refractivity contribution < 1.29 is 9.90 Å². The van der Waals surface area contributed by atoms with Crippen molar-refractivity contribution in [3.8, 4) is 11.4 Å². The molecule has 21 heavy (non-hydrogen) atoms. The summed E-state index contributed by atoms with van der Waals surface area (Å²) in [6.45, 7) is 3.92. The van der Waals surface area contributed by atoms with E-state index in [2.05, 4.69) is 54.0 Å². The van der Waals surface area contributed by atoms with E-state index in [1.807, 2.05) is 32.0 Å². The Morgan fingerprint density at radius 1 is 1.48 bits per heavy atom. The number of carboxylic acid groups (broad SMARTS) is 1. The average Bonchev–Trinajstić information content (AvgIpc) is 2.87. The minimum absolute atomic E-state index is 0.0166. The van der Waals surface area contributed by atoms with Crippen molar-refractivity contribution in [3.63, 3.8) is 0 Å². The number of hydrogen-bond acceptors (Lipinski definition) is 4. The Kier molecular flexibility index (Phi) is 5.31. The van der Waals surface area contributed by atoms with Crippen molar-refractivity contribution in [2.24, 2.45) is 5.92 Å². The molecule has 0 amide bonds. The van der Waals surface area contributed by atoms with Crippen LogP contribution in [0.4, 0.5) is 0 Å². The van der Waals surface area contributed by atoms with Crippen LogP contribution in [0.1, 0.15) is 26.3 Å². The van der Waals surface area contributed by atoms with Crippen LogP contribution in [-0.2, 0) is 4.79 Å². The summed E-state index contributed by atoms with van der Waals surface area (Å²) in [5, 5.41) is 20.9. The number of carboxylic acids is 1. The molecule has 0 radical (unpaired) electrons. The van der Waals surface area contributed by atoms with Crippen molar-refractivity contribution in [2.45, 2.75) is 26.3 Å². The SMILES string of the molecule is CC(C)C(CC(=O)O)n1nnnc1-c1cc(I)ccc1Br. The van der Waals surface area contributed by atoms with Crippen molar-refractivity contribution in [1.29, 1.82) is 0 Å². The van der Waals surface area contributed by atoms with Gasteiger partial charge in [-0.25, -0.2) is 4.68 Å². The Labute approximate surface area is 144 Å². The molecule has 112 valence electrons.